The minimum Gasteiger partial charge on any atom is -0.495 e. The number of nitrogens with zero attached hydrogens (tertiary/aromatic N) is 1. The summed E-state index contributed by atoms with van der Waals surface area (Å²) in [6.45, 7) is 6.38. The van der Waals surface area contributed by atoms with E-state index in [4.69, 9.17) is 4.74 Å². The summed E-state index contributed by atoms with van der Waals surface area (Å²) in [6.07, 6.45) is 0. The van der Waals surface area contributed by atoms with E-state index in [1.165, 1.54) is 33.3 Å². The molecule has 0 radical (unpaired) electrons. The molecular formula is C21H29N3O4S. The largest absolute Gasteiger partial charge is 0.495 e. The van der Waals surface area contributed by atoms with E-state index in [1.807, 2.05) is 24.3 Å². The van der Waals surface area contributed by atoms with Crippen molar-refractivity contribution in [2.45, 2.75) is 31.1 Å². The SMILES string of the molecule is COc1ccc(NC(=O)CNc2ccccc2C(C)(C)C)cc1S(=O)(=O)N(C)C. The van der Waals surface area contributed by atoms with Crippen molar-refractivity contribution >= 4 is 27.3 Å². The number of amides is 1. The Hall–Kier alpha value is -2.58. The molecule has 0 saturated carbocycles. The van der Waals surface area contributed by atoms with Gasteiger partial charge in [0.1, 0.15) is 10.6 Å². The first-order chi connectivity index (χ1) is 13.5. The molecule has 8 heteroatoms. The lowest BCUT2D eigenvalue weighted by Gasteiger charge is -2.23. The zero-order chi connectivity index (χ0) is 21.8. The van der Waals surface area contributed by atoms with Crippen LogP contribution < -0.4 is 15.4 Å². The average molecular weight is 420 g/mol. The number of hydrogen-bond acceptors (Lipinski definition) is 5. The van der Waals surface area contributed by atoms with Gasteiger partial charge in [0, 0.05) is 25.5 Å². The molecule has 0 bridgehead atoms. The number of rotatable bonds is 7. The number of hydrogen-bond donors (Lipinski definition) is 2. The van der Waals surface area contributed by atoms with Crippen molar-refractivity contribution in [1.29, 1.82) is 0 Å². The lowest BCUT2D eigenvalue weighted by atomic mass is 9.86. The Balaban J connectivity index is 2.17. The van der Waals surface area contributed by atoms with Gasteiger partial charge in [-0.1, -0.05) is 39.0 Å². The highest BCUT2D eigenvalue weighted by atomic mass is 32.2. The van der Waals surface area contributed by atoms with E-state index in [-0.39, 0.29) is 28.5 Å². The van der Waals surface area contributed by atoms with Crippen LogP contribution in [0.2, 0.25) is 0 Å². The number of anilines is 2. The average Bonchev–Trinajstić information content (AvgIpc) is 2.65. The minimum atomic E-state index is -3.71. The van der Waals surface area contributed by atoms with E-state index in [9.17, 15) is 13.2 Å². The van der Waals surface area contributed by atoms with E-state index in [0.717, 1.165) is 15.6 Å². The first-order valence-electron chi connectivity index (χ1n) is 9.20. The molecule has 0 saturated heterocycles. The van der Waals surface area contributed by atoms with Gasteiger partial charge in [0.2, 0.25) is 15.9 Å². The molecule has 0 aliphatic rings. The Bertz CT molecular complexity index is 980. The van der Waals surface area contributed by atoms with Gasteiger partial charge in [-0.2, -0.15) is 0 Å². The summed E-state index contributed by atoms with van der Waals surface area (Å²) in [5.41, 5.74) is 2.31. The third kappa shape index (κ3) is 5.48. The Kier molecular flexibility index (Phi) is 6.92. The van der Waals surface area contributed by atoms with Crippen LogP contribution in [-0.2, 0) is 20.2 Å². The van der Waals surface area contributed by atoms with Crippen LogP contribution in [0.4, 0.5) is 11.4 Å². The summed E-state index contributed by atoms with van der Waals surface area (Å²) in [6, 6.07) is 12.4. The van der Waals surface area contributed by atoms with E-state index in [2.05, 4.69) is 31.4 Å². The van der Waals surface area contributed by atoms with Gasteiger partial charge in [0.15, 0.2) is 0 Å². The highest BCUT2D eigenvalue weighted by Gasteiger charge is 2.23. The summed E-state index contributed by atoms with van der Waals surface area (Å²) in [5.74, 6) is -0.0685. The number of para-hydroxylation sites is 1. The second-order valence-corrected chi connectivity index (χ2v) is 9.97. The second kappa shape index (κ2) is 8.84. The van der Waals surface area contributed by atoms with E-state index in [1.54, 1.807) is 6.07 Å². The Labute approximate surface area is 173 Å². The van der Waals surface area contributed by atoms with E-state index >= 15 is 0 Å². The number of carbonyl (C=O) groups excluding carboxylic acids is 1. The molecule has 2 aromatic carbocycles. The maximum absolute atomic E-state index is 12.5. The monoisotopic (exact) mass is 419 g/mol. The molecule has 2 rings (SSSR count). The van der Waals surface area contributed by atoms with Crippen molar-refractivity contribution in [1.82, 2.24) is 4.31 Å². The van der Waals surface area contributed by atoms with Crippen LogP contribution in [0.15, 0.2) is 47.4 Å². The van der Waals surface area contributed by atoms with Gasteiger partial charge >= 0.3 is 0 Å². The predicted molar refractivity (Wildman–Crippen MR) is 116 cm³/mol. The van der Waals surface area contributed by atoms with Gasteiger partial charge in [-0.15, -0.1) is 0 Å². The van der Waals surface area contributed by atoms with Crippen LogP contribution in [0.1, 0.15) is 26.3 Å². The molecule has 0 heterocycles. The summed E-state index contributed by atoms with van der Waals surface area (Å²) in [7, 11) is 0.570. The van der Waals surface area contributed by atoms with Crippen molar-refractivity contribution in [3.05, 3.63) is 48.0 Å². The molecule has 0 spiro atoms. The molecule has 0 fully saturated rings. The lowest BCUT2D eigenvalue weighted by molar-refractivity contribution is -0.114. The van der Waals surface area contributed by atoms with Crippen molar-refractivity contribution in [3.8, 4) is 5.75 Å². The van der Waals surface area contributed by atoms with Crippen LogP contribution in [0.25, 0.3) is 0 Å². The third-order valence-electron chi connectivity index (χ3n) is 4.38. The number of sulfonamides is 1. The first-order valence-corrected chi connectivity index (χ1v) is 10.6. The summed E-state index contributed by atoms with van der Waals surface area (Å²) < 4.78 is 31.3. The van der Waals surface area contributed by atoms with Crippen LogP contribution in [-0.4, -0.2) is 46.4 Å². The Morgan fingerprint density at radius 1 is 1.10 bits per heavy atom. The predicted octanol–water partition coefficient (Wildman–Crippen LogP) is 3.29. The van der Waals surface area contributed by atoms with Crippen LogP contribution in [0.3, 0.4) is 0 Å². The molecule has 0 atom stereocenters. The molecule has 0 aliphatic carbocycles. The van der Waals surface area contributed by atoms with E-state index < -0.39 is 10.0 Å². The summed E-state index contributed by atoms with van der Waals surface area (Å²) in [5, 5.41) is 5.90. The highest BCUT2D eigenvalue weighted by molar-refractivity contribution is 7.89. The first kappa shape index (κ1) is 22.7. The normalized spacial score (nSPS) is 12.0. The maximum Gasteiger partial charge on any atom is 0.246 e. The molecule has 0 unspecified atom stereocenters. The number of carbonyl (C=O) groups is 1. The zero-order valence-corrected chi connectivity index (χ0v) is 18.6. The van der Waals surface area contributed by atoms with Crippen LogP contribution in [0.5, 0.6) is 5.75 Å². The molecule has 0 aromatic heterocycles. The van der Waals surface area contributed by atoms with Gasteiger partial charge in [-0.25, -0.2) is 12.7 Å². The van der Waals surface area contributed by atoms with Gasteiger partial charge in [0.25, 0.3) is 0 Å². The topological polar surface area (TPSA) is 87.7 Å². The second-order valence-electron chi connectivity index (χ2n) is 7.85. The van der Waals surface area contributed by atoms with Gasteiger partial charge in [-0.3, -0.25) is 4.79 Å². The number of ether oxygens (including phenoxy) is 1. The summed E-state index contributed by atoms with van der Waals surface area (Å²) in [4.78, 5) is 12.4. The molecule has 1 amide bonds. The lowest BCUT2D eigenvalue weighted by Crippen LogP contribution is -2.25. The molecule has 0 aliphatic heterocycles. The van der Waals surface area contributed by atoms with Gasteiger partial charge < -0.3 is 15.4 Å². The van der Waals surface area contributed by atoms with Crippen molar-refractivity contribution in [3.63, 3.8) is 0 Å². The minimum absolute atomic E-state index is 0.00571. The van der Waals surface area contributed by atoms with Crippen molar-refractivity contribution in [2.24, 2.45) is 0 Å². The molecule has 2 N–H and O–H groups in total. The molecular weight excluding hydrogens is 390 g/mol. The van der Waals surface area contributed by atoms with Crippen molar-refractivity contribution in [2.75, 3.05) is 38.4 Å². The quantitative estimate of drug-likeness (QED) is 0.719. The molecule has 2 aromatic rings. The smallest absolute Gasteiger partial charge is 0.246 e. The maximum atomic E-state index is 12.5. The van der Waals surface area contributed by atoms with Gasteiger partial charge in [0.05, 0.1) is 13.7 Å². The fourth-order valence-electron chi connectivity index (χ4n) is 2.82. The standard InChI is InChI=1S/C21H29N3O4S/c1-21(2,3)16-9-7-8-10-17(16)22-14-20(25)23-15-11-12-18(28-6)19(13-15)29(26,27)24(4)5/h7-13,22H,14H2,1-6H3,(H,23,25). The number of benzene rings is 2. The van der Waals surface area contributed by atoms with Crippen molar-refractivity contribution < 1.29 is 17.9 Å². The zero-order valence-electron chi connectivity index (χ0n) is 17.7. The van der Waals surface area contributed by atoms with E-state index in [0.29, 0.717) is 5.69 Å². The fourth-order valence-corrected chi connectivity index (χ4v) is 3.90. The van der Waals surface area contributed by atoms with Gasteiger partial charge in [-0.05, 0) is 35.2 Å². The Morgan fingerprint density at radius 2 is 1.76 bits per heavy atom. The molecule has 7 nitrogen and oxygen atoms in total. The van der Waals surface area contributed by atoms with Crippen LogP contribution >= 0.6 is 0 Å². The summed E-state index contributed by atoms with van der Waals surface area (Å²) >= 11 is 0. The molecule has 29 heavy (non-hydrogen) atoms. The number of nitrogens with one attached hydrogen (secondary N) is 2. The Morgan fingerprint density at radius 3 is 2.34 bits per heavy atom. The molecule has 158 valence electrons. The fraction of sp³-hybridized carbons (Fsp3) is 0.381. The third-order valence-corrected chi connectivity index (χ3v) is 6.22. The van der Waals surface area contributed by atoms with Crippen LogP contribution in [0, 0.1) is 0 Å². The number of methoxy groups -OCH3 is 1. The highest BCUT2D eigenvalue weighted by Crippen LogP contribution is 2.30.